The van der Waals surface area contributed by atoms with Crippen LogP contribution in [0.3, 0.4) is 0 Å². The highest BCUT2D eigenvalue weighted by molar-refractivity contribution is 7.89. The number of sulfonamides is 1. The first-order valence-electron chi connectivity index (χ1n) is 8.75. The van der Waals surface area contributed by atoms with Crippen LogP contribution < -0.4 is 15.4 Å². The smallest absolute Gasteiger partial charge is 0.242 e. The van der Waals surface area contributed by atoms with E-state index < -0.39 is 10.0 Å². The van der Waals surface area contributed by atoms with Gasteiger partial charge in [-0.05, 0) is 25.5 Å². The molecule has 3 heterocycles. The zero-order chi connectivity index (χ0) is 19.3. The molecule has 0 aliphatic carbocycles. The van der Waals surface area contributed by atoms with E-state index in [-0.39, 0.29) is 17.5 Å². The van der Waals surface area contributed by atoms with Crippen molar-refractivity contribution in [3.8, 4) is 0 Å². The van der Waals surface area contributed by atoms with Gasteiger partial charge in [0.1, 0.15) is 16.5 Å². The van der Waals surface area contributed by atoms with Crippen LogP contribution in [0.1, 0.15) is 18.1 Å². The van der Waals surface area contributed by atoms with Crippen molar-refractivity contribution in [2.45, 2.75) is 37.2 Å². The van der Waals surface area contributed by atoms with Crippen LogP contribution in [0.4, 0.5) is 0 Å². The molecule has 0 saturated carbocycles. The summed E-state index contributed by atoms with van der Waals surface area (Å²) in [6.45, 7) is 3.25. The Bertz CT molecular complexity index is 894. The van der Waals surface area contributed by atoms with Gasteiger partial charge in [0.2, 0.25) is 10.0 Å². The Labute approximate surface area is 158 Å². The summed E-state index contributed by atoms with van der Waals surface area (Å²) in [5.41, 5.74) is 0. The number of aryl methyl sites for hydroxylation is 2. The van der Waals surface area contributed by atoms with Gasteiger partial charge < -0.3 is 10.6 Å². The molecular formula is C16H24N8O2S. The minimum Gasteiger partial charge on any atom is -0.355 e. The molecule has 0 aromatic carbocycles. The normalized spacial score (nSPS) is 17.4. The topological polar surface area (TPSA) is 126 Å². The fraction of sp³-hybridized carbons (Fsp3) is 0.500. The van der Waals surface area contributed by atoms with Crippen LogP contribution in [0.25, 0.3) is 0 Å². The van der Waals surface area contributed by atoms with Crippen LogP contribution in [-0.2, 0) is 23.0 Å². The molecule has 0 radical (unpaired) electrons. The third kappa shape index (κ3) is 5.01. The van der Waals surface area contributed by atoms with Gasteiger partial charge in [-0.25, -0.2) is 22.8 Å². The molecule has 3 N–H and O–H groups in total. The van der Waals surface area contributed by atoms with Crippen LogP contribution in [0, 0.1) is 6.92 Å². The van der Waals surface area contributed by atoms with Crippen molar-refractivity contribution >= 4 is 16.0 Å². The predicted molar refractivity (Wildman–Crippen MR) is 101 cm³/mol. The van der Waals surface area contributed by atoms with Gasteiger partial charge in [-0.1, -0.05) is 0 Å². The molecule has 2 aromatic heterocycles. The van der Waals surface area contributed by atoms with Crippen LogP contribution in [0.15, 0.2) is 34.4 Å². The minimum atomic E-state index is -3.55. The molecule has 3 rings (SSSR count). The quantitative estimate of drug-likeness (QED) is 0.342. The number of hydrogen-bond donors (Lipinski definition) is 3. The second-order valence-electron chi connectivity index (χ2n) is 6.22. The second kappa shape index (κ2) is 8.44. The van der Waals surface area contributed by atoms with Crippen molar-refractivity contribution in [3.05, 3.63) is 36.2 Å². The zero-order valence-corrected chi connectivity index (χ0v) is 16.2. The van der Waals surface area contributed by atoms with Gasteiger partial charge in [0, 0.05) is 45.0 Å². The SMILES string of the molecule is CN=C(NCCNS(=O)(=O)c1cccnc1)NC1CCc2nc(C)nn2C1. The predicted octanol–water partition coefficient (Wildman–Crippen LogP) is -0.560. The van der Waals surface area contributed by atoms with E-state index in [2.05, 4.69) is 35.4 Å². The minimum absolute atomic E-state index is 0.147. The molecule has 146 valence electrons. The first kappa shape index (κ1) is 19.2. The van der Waals surface area contributed by atoms with Gasteiger partial charge in [0.05, 0.1) is 6.54 Å². The number of pyridine rings is 1. The van der Waals surface area contributed by atoms with Gasteiger partial charge >= 0.3 is 0 Å². The van der Waals surface area contributed by atoms with Gasteiger partial charge in [-0.15, -0.1) is 0 Å². The highest BCUT2D eigenvalue weighted by Crippen LogP contribution is 2.12. The summed E-state index contributed by atoms with van der Waals surface area (Å²) in [5.74, 6) is 2.42. The molecule has 1 atom stereocenters. The Balaban J connectivity index is 1.45. The molecule has 1 aliphatic heterocycles. The van der Waals surface area contributed by atoms with E-state index >= 15 is 0 Å². The van der Waals surface area contributed by atoms with E-state index in [1.165, 1.54) is 18.5 Å². The van der Waals surface area contributed by atoms with Crippen molar-refractivity contribution in [3.63, 3.8) is 0 Å². The number of fused-ring (bicyclic) bond motifs is 1. The number of aromatic nitrogens is 4. The molecule has 2 aromatic rings. The third-order valence-electron chi connectivity index (χ3n) is 4.18. The van der Waals surface area contributed by atoms with Crippen molar-refractivity contribution < 1.29 is 8.42 Å². The summed E-state index contributed by atoms with van der Waals surface area (Å²) >= 11 is 0. The zero-order valence-electron chi connectivity index (χ0n) is 15.4. The van der Waals surface area contributed by atoms with Crippen LogP contribution >= 0.6 is 0 Å². The summed E-state index contributed by atoms with van der Waals surface area (Å²) in [5, 5.41) is 10.9. The molecule has 10 nitrogen and oxygen atoms in total. The summed E-state index contributed by atoms with van der Waals surface area (Å²) in [4.78, 5) is 12.6. The lowest BCUT2D eigenvalue weighted by Gasteiger charge is -2.25. The standard InChI is InChI=1S/C16H24N8O2S/c1-12-21-15-6-5-13(11-24(15)23-12)22-16(17-2)19-8-9-20-27(25,26)14-4-3-7-18-10-14/h3-4,7,10,13,20H,5-6,8-9,11H2,1-2H3,(H2,17,19,22). The fourth-order valence-electron chi connectivity index (χ4n) is 2.90. The van der Waals surface area contributed by atoms with Crippen molar-refractivity contribution in [2.75, 3.05) is 20.1 Å². The first-order chi connectivity index (χ1) is 13.0. The lowest BCUT2D eigenvalue weighted by atomic mass is 10.1. The number of rotatable bonds is 6. The van der Waals surface area contributed by atoms with Crippen molar-refractivity contribution in [2.24, 2.45) is 4.99 Å². The highest BCUT2D eigenvalue weighted by Gasteiger charge is 2.21. The lowest BCUT2D eigenvalue weighted by molar-refractivity contribution is 0.392. The number of hydrogen-bond acceptors (Lipinski definition) is 6. The molecule has 1 aliphatic rings. The Morgan fingerprint density at radius 2 is 2.26 bits per heavy atom. The average molecular weight is 392 g/mol. The number of aliphatic imine (C=N–C) groups is 1. The first-order valence-corrected chi connectivity index (χ1v) is 10.2. The van der Waals surface area contributed by atoms with Crippen LogP contribution in [0.2, 0.25) is 0 Å². The molecule has 1 unspecified atom stereocenters. The number of nitrogens with one attached hydrogen (secondary N) is 3. The van der Waals surface area contributed by atoms with Crippen molar-refractivity contribution in [1.82, 2.24) is 35.1 Å². The van der Waals surface area contributed by atoms with Gasteiger partial charge in [-0.2, -0.15) is 5.10 Å². The summed E-state index contributed by atoms with van der Waals surface area (Å²) in [6.07, 6.45) is 4.65. The summed E-state index contributed by atoms with van der Waals surface area (Å²) in [6, 6.07) is 3.29. The van der Waals surface area contributed by atoms with Crippen LogP contribution in [-0.4, -0.2) is 60.3 Å². The van der Waals surface area contributed by atoms with E-state index in [0.717, 1.165) is 31.0 Å². The Kier molecular flexibility index (Phi) is 6.01. The van der Waals surface area contributed by atoms with Gasteiger partial charge in [-0.3, -0.25) is 9.98 Å². The molecule has 27 heavy (non-hydrogen) atoms. The molecule has 11 heteroatoms. The van der Waals surface area contributed by atoms with Crippen LogP contribution in [0.5, 0.6) is 0 Å². The maximum absolute atomic E-state index is 12.1. The monoisotopic (exact) mass is 392 g/mol. The van der Waals surface area contributed by atoms with E-state index in [1.54, 1.807) is 13.1 Å². The van der Waals surface area contributed by atoms with Gasteiger partial charge in [0.15, 0.2) is 5.96 Å². The van der Waals surface area contributed by atoms with E-state index in [4.69, 9.17) is 0 Å². The summed E-state index contributed by atoms with van der Waals surface area (Å²) in [7, 11) is -1.87. The fourth-order valence-corrected chi connectivity index (χ4v) is 3.89. The van der Waals surface area contributed by atoms with E-state index in [1.807, 2.05) is 11.6 Å². The van der Waals surface area contributed by atoms with Crippen molar-refractivity contribution in [1.29, 1.82) is 0 Å². The molecule has 0 saturated heterocycles. The van der Waals surface area contributed by atoms with E-state index in [9.17, 15) is 8.42 Å². The Morgan fingerprint density at radius 3 is 3.00 bits per heavy atom. The maximum Gasteiger partial charge on any atom is 0.242 e. The second-order valence-corrected chi connectivity index (χ2v) is 7.99. The molecule has 0 spiro atoms. The van der Waals surface area contributed by atoms with Gasteiger partial charge in [0.25, 0.3) is 0 Å². The summed E-state index contributed by atoms with van der Waals surface area (Å²) < 4.78 is 28.7. The number of nitrogens with zero attached hydrogens (tertiary/aromatic N) is 5. The molecular weight excluding hydrogens is 368 g/mol. The van der Waals surface area contributed by atoms with E-state index in [0.29, 0.717) is 12.5 Å². The maximum atomic E-state index is 12.1. The molecule has 0 fully saturated rings. The Hall–Kier alpha value is -2.53. The molecule has 0 bridgehead atoms. The Morgan fingerprint density at radius 1 is 1.41 bits per heavy atom. The third-order valence-corrected chi connectivity index (χ3v) is 5.63. The largest absolute Gasteiger partial charge is 0.355 e. The molecule has 0 amide bonds. The average Bonchev–Trinajstić information content (AvgIpc) is 3.04. The number of guanidine groups is 1. The highest BCUT2D eigenvalue weighted by atomic mass is 32.2. The lowest BCUT2D eigenvalue weighted by Crippen LogP contribution is -2.48.